The Kier molecular flexibility index (Phi) is 6.62. The largest absolute Gasteiger partial charge is 0.394 e. The van der Waals surface area contributed by atoms with Gasteiger partial charge in [0.2, 0.25) is 0 Å². The van der Waals surface area contributed by atoms with Crippen LogP contribution in [0, 0.1) is 5.92 Å². The molecule has 25 heavy (non-hydrogen) atoms. The van der Waals surface area contributed by atoms with Gasteiger partial charge < -0.3 is 9.84 Å². The van der Waals surface area contributed by atoms with Crippen LogP contribution in [0.3, 0.4) is 0 Å². The molecule has 2 heterocycles. The number of nitrogens with zero attached hydrogens (tertiary/aromatic N) is 4. The number of aliphatic hydroxyl groups is 1. The first-order valence-electron chi connectivity index (χ1n) is 8.82. The Morgan fingerprint density at radius 1 is 1.40 bits per heavy atom. The third-order valence-electron chi connectivity index (χ3n) is 4.48. The highest BCUT2D eigenvalue weighted by Crippen LogP contribution is 2.39. The minimum absolute atomic E-state index is 0.0840. The van der Waals surface area contributed by atoms with Crippen molar-refractivity contribution in [2.45, 2.75) is 43.9 Å². The smallest absolute Gasteiger partial charge is 0.191 e. The van der Waals surface area contributed by atoms with Crippen LogP contribution in [0.1, 0.15) is 32.6 Å². The number of hydrogen-bond donors (Lipinski definition) is 2. The van der Waals surface area contributed by atoms with E-state index < -0.39 is 0 Å². The molecular weight excluding hydrogens is 362 g/mol. The van der Waals surface area contributed by atoms with Crippen LogP contribution in [0.5, 0.6) is 0 Å². The molecule has 0 bridgehead atoms. The number of aromatic nitrogens is 2. The molecule has 1 aliphatic heterocycles. The molecule has 9 heteroatoms. The fraction of sp³-hybridized carbons (Fsp3) is 0.750. The van der Waals surface area contributed by atoms with E-state index in [4.69, 9.17) is 26.4 Å². The Morgan fingerprint density at radius 3 is 3.00 bits per heavy atom. The van der Waals surface area contributed by atoms with Crippen molar-refractivity contribution in [2.75, 3.05) is 42.6 Å². The Balaban J connectivity index is 1.68. The second-order valence-corrected chi connectivity index (χ2v) is 7.90. The Hall–Kier alpha value is -0.800. The van der Waals surface area contributed by atoms with Crippen LogP contribution >= 0.6 is 23.4 Å². The molecule has 1 aromatic rings. The lowest BCUT2D eigenvalue weighted by molar-refractivity contribution is 0.0309. The zero-order chi connectivity index (χ0) is 17.8. The van der Waals surface area contributed by atoms with Crippen LogP contribution in [-0.2, 0) is 4.74 Å². The average molecular weight is 388 g/mol. The molecule has 0 amide bonds. The molecule has 0 aromatic carbocycles. The van der Waals surface area contributed by atoms with Crippen molar-refractivity contribution in [3.05, 3.63) is 5.15 Å². The number of nitrogens with one attached hydrogen (secondary N) is 1. The Morgan fingerprint density at radius 2 is 2.24 bits per heavy atom. The van der Waals surface area contributed by atoms with Gasteiger partial charge in [-0.2, -0.15) is 0 Å². The van der Waals surface area contributed by atoms with Crippen LogP contribution in [0.25, 0.3) is 0 Å². The summed E-state index contributed by atoms with van der Waals surface area (Å²) in [4.78, 5) is 9.13. The van der Waals surface area contributed by atoms with Crippen molar-refractivity contribution in [2.24, 2.45) is 5.92 Å². The third-order valence-corrected chi connectivity index (χ3v) is 5.80. The van der Waals surface area contributed by atoms with Crippen LogP contribution in [-0.4, -0.2) is 53.7 Å². The monoisotopic (exact) mass is 387 g/mol. The van der Waals surface area contributed by atoms with E-state index in [0.717, 1.165) is 54.6 Å². The van der Waals surface area contributed by atoms with Gasteiger partial charge in [0, 0.05) is 19.3 Å². The van der Waals surface area contributed by atoms with Gasteiger partial charge in [-0.05, 0) is 31.6 Å². The van der Waals surface area contributed by atoms with E-state index in [-0.39, 0.29) is 12.7 Å². The van der Waals surface area contributed by atoms with Crippen LogP contribution in [0.15, 0.2) is 5.16 Å². The molecule has 1 aliphatic carbocycles. The van der Waals surface area contributed by atoms with Crippen LogP contribution in [0.4, 0.5) is 11.5 Å². The van der Waals surface area contributed by atoms with Gasteiger partial charge in [-0.3, -0.25) is 10.0 Å². The van der Waals surface area contributed by atoms with E-state index >= 15 is 0 Å². The first-order chi connectivity index (χ1) is 12.1. The number of hydrazine groups is 2. The fourth-order valence-electron chi connectivity index (χ4n) is 3.36. The van der Waals surface area contributed by atoms with E-state index in [2.05, 4.69) is 22.5 Å². The van der Waals surface area contributed by atoms with Gasteiger partial charge in [-0.25, -0.2) is 9.97 Å². The van der Waals surface area contributed by atoms with E-state index in [9.17, 15) is 0 Å². The minimum Gasteiger partial charge on any atom is -0.394 e. The zero-order valence-corrected chi connectivity index (χ0v) is 16.3. The van der Waals surface area contributed by atoms with E-state index in [1.54, 1.807) is 11.8 Å². The van der Waals surface area contributed by atoms with Crippen molar-refractivity contribution in [1.29, 1.82) is 0 Å². The predicted molar refractivity (Wildman–Crippen MR) is 101 cm³/mol. The second-order valence-electron chi connectivity index (χ2n) is 6.48. The van der Waals surface area contributed by atoms with Gasteiger partial charge in [0.25, 0.3) is 0 Å². The summed E-state index contributed by atoms with van der Waals surface area (Å²) in [5.41, 5.74) is 4.15. The van der Waals surface area contributed by atoms with E-state index in [1.165, 1.54) is 0 Å². The molecule has 2 atom stereocenters. The lowest BCUT2D eigenvalue weighted by atomic mass is 10.1. The summed E-state index contributed by atoms with van der Waals surface area (Å²) < 4.78 is 5.67. The molecule has 0 radical (unpaired) electrons. The SMILES string of the molecule is CCCSc1nc(Cl)c2c(n1)N(CC1CCC(OCCO)C1)NN2C. The summed E-state index contributed by atoms with van der Waals surface area (Å²) in [5, 5.41) is 14.0. The van der Waals surface area contributed by atoms with E-state index in [0.29, 0.717) is 17.7 Å². The maximum Gasteiger partial charge on any atom is 0.191 e. The molecule has 140 valence electrons. The quantitative estimate of drug-likeness (QED) is 0.400. The Labute approximate surface area is 158 Å². The number of ether oxygens (including phenoxy) is 1. The molecule has 0 spiro atoms. The van der Waals surface area contributed by atoms with Crippen molar-refractivity contribution >= 4 is 34.9 Å². The van der Waals surface area contributed by atoms with E-state index in [1.807, 2.05) is 12.1 Å². The molecule has 1 saturated carbocycles. The number of thioether (sulfide) groups is 1. The number of anilines is 2. The lowest BCUT2D eigenvalue weighted by Gasteiger charge is -2.23. The standard InChI is InChI=1S/C16H26ClN5O2S/c1-3-8-25-16-18-14(17)13-15(19-16)22(20-21(13)2)10-11-4-5-12(9-11)24-7-6-23/h11-12,20,23H,3-10H2,1-2H3. The normalized spacial score (nSPS) is 22.7. The minimum atomic E-state index is 0.0840. The lowest BCUT2D eigenvalue weighted by Crippen LogP contribution is -2.44. The summed E-state index contributed by atoms with van der Waals surface area (Å²) in [6.45, 7) is 3.49. The van der Waals surface area contributed by atoms with Gasteiger partial charge >= 0.3 is 0 Å². The molecule has 2 N–H and O–H groups in total. The third kappa shape index (κ3) is 4.49. The Bertz CT molecular complexity index is 594. The molecule has 3 rings (SSSR count). The first kappa shape index (κ1) is 19.0. The summed E-state index contributed by atoms with van der Waals surface area (Å²) >= 11 is 8.03. The number of aliphatic hydroxyl groups excluding tert-OH is 1. The molecule has 7 nitrogen and oxygen atoms in total. The molecule has 2 aliphatic rings. The average Bonchev–Trinajstić information content (AvgIpc) is 3.16. The van der Waals surface area contributed by atoms with Gasteiger partial charge in [0.15, 0.2) is 16.1 Å². The molecule has 2 unspecified atom stereocenters. The summed E-state index contributed by atoms with van der Waals surface area (Å²) in [5.74, 6) is 2.35. The predicted octanol–water partition coefficient (Wildman–Crippen LogP) is 2.49. The van der Waals surface area contributed by atoms with Crippen LogP contribution < -0.4 is 15.6 Å². The molecule has 1 fully saturated rings. The highest BCUT2D eigenvalue weighted by atomic mass is 35.5. The molecule has 0 saturated heterocycles. The number of fused-ring (bicyclic) bond motifs is 1. The maximum atomic E-state index is 8.90. The van der Waals surface area contributed by atoms with Crippen molar-refractivity contribution in [1.82, 2.24) is 15.5 Å². The maximum absolute atomic E-state index is 8.90. The summed E-state index contributed by atoms with van der Waals surface area (Å²) in [7, 11) is 1.93. The summed E-state index contributed by atoms with van der Waals surface area (Å²) in [6, 6.07) is 0. The molecular formula is C16H26ClN5O2S. The first-order valence-corrected chi connectivity index (χ1v) is 10.2. The topological polar surface area (TPSA) is 73.8 Å². The highest BCUT2D eigenvalue weighted by Gasteiger charge is 2.33. The summed E-state index contributed by atoms with van der Waals surface area (Å²) in [6.07, 6.45) is 4.49. The van der Waals surface area contributed by atoms with Gasteiger partial charge in [0.05, 0.1) is 19.3 Å². The number of rotatable bonds is 8. The zero-order valence-electron chi connectivity index (χ0n) is 14.7. The van der Waals surface area contributed by atoms with Crippen molar-refractivity contribution in [3.8, 4) is 0 Å². The number of hydrogen-bond acceptors (Lipinski definition) is 8. The highest BCUT2D eigenvalue weighted by molar-refractivity contribution is 7.99. The van der Waals surface area contributed by atoms with Crippen molar-refractivity contribution < 1.29 is 9.84 Å². The number of halogens is 1. The molecule has 1 aromatic heterocycles. The second kappa shape index (κ2) is 8.73. The van der Waals surface area contributed by atoms with Gasteiger partial charge in [0.1, 0.15) is 5.69 Å². The van der Waals surface area contributed by atoms with Gasteiger partial charge in [-0.1, -0.05) is 30.3 Å². The van der Waals surface area contributed by atoms with Crippen LogP contribution in [0.2, 0.25) is 5.15 Å². The van der Waals surface area contributed by atoms with Crippen molar-refractivity contribution in [3.63, 3.8) is 0 Å². The van der Waals surface area contributed by atoms with Gasteiger partial charge in [-0.15, -0.1) is 5.53 Å². The fourth-order valence-corrected chi connectivity index (χ4v) is 4.40.